The van der Waals surface area contributed by atoms with Crippen molar-refractivity contribution in [2.75, 3.05) is 26.2 Å². The number of allylic oxidation sites excluding steroid dienone is 6. The zero-order chi connectivity index (χ0) is 19.8. The monoisotopic (exact) mass is 386 g/mol. The standard InChI is InChI=1S/C23H22N4O2/c1-16-25-21-8-5-18(13-22(21)29-16)17-3-2-4-19-6-7-20(15-27(19)23(28)14-17)26-11-9-24-10-12-26/h2-8,13-15,24H,9-12H2,1H3/b3-2+,17-14+,19-4+. The number of amides is 1. The Kier molecular flexibility index (Phi) is 4.41. The molecule has 1 aromatic carbocycles. The predicted octanol–water partition coefficient (Wildman–Crippen LogP) is 3.12. The van der Waals surface area contributed by atoms with Crippen molar-refractivity contribution in [2.24, 2.45) is 0 Å². The number of benzene rings is 1. The van der Waals surface area contributed by atoms with Crippen LogP contribution in [0.4, 0.5) is 0 Å². The first kappa shape index (κ1) is 17.7. The maximum Gasteiger partial charge on any atom is 0.255 e. The molecular weight excluding hydrogens is 364 g/mol. The summed E-state index contributed by atoms with van der Waals surface area (Å²) in [6.07, 6.45) is 13.6. The highest BCUT2D eigenvalue weighted by Gasteiger charge is 2.21. The van der Waals surface area contributed by atoms with Gasteiger partial charge in [0.25, 0.3) is 5.91 Å². The van der Waals surface area contributed by atoms with Crippen molar-refractivity contribution in [1.82, 2.24) is 20.1 Å². The van der Waals surface area contributed by atoms with Gasteiger partial charge in [-0.3, -0.25) is 9.69 Å². The van der Waals surface area contributed by atoms with Crippen LogP contribution in [-0.4, -0.2) is 46.9 Å². The predicted molar refractivity (Wildman–Crippen MR) is 112 cm³/mol. The number of oxazole rings is 1. The van der Waals surface area contributed by atoms with E-state index >= 15 is 0 Å². The second-order valence-corrected chi connectivity index (χ2v) is 7.30. The van der Waals surface area contributed by atoms with Crippen molar-refractivity contribution in [3.8, 4) is 0 Å². The van der Waals surface area contributed by atoms with Gasteiger partial charge in [-0.15, -0.1) is 0 Å². The normalized spacial score (nSPS) is 24.2. The van der Waals surface area contributed by atoms with E-state index in [0.717, 1.165) is 59.8 Å². The highest BCUT2D eigenvalue weighted by Crippen LogP contribution is 2.27. The SMILES string of the molecule is Cc1nc2ccc(C3=C\C(=O)N4C=C(N5CCNCC5)C=C\C4=C/C=C/3)cc2o1. The minimum atomic E-state index is -0.0681. The summed E-state index contributed by atoms with van der Waals surface area (Å²) in [7, 11) is 0. The number of nitrogens with one attached hydrogen (secondary N) is 1. The number of piperazine rings is 1. The van der Waals surface area contributed by atoms with E-state index in [1.165, 1.54) is 0 Å². The summed E-state index contributed by atoms with van der Waals surface area (Å²) in [5, 5.41) is 3.36. The second-order valence-electron chi connectivity index (χ2n) is 7.30. The van der Waals surface area contributed by atoms with Crippen LogP contribution in [0.15, 0.2) is 76.7 Å². The van der Waals surface area contributed by atoms with Crippen molar-refractivity contribution in [2.45, 2.75) is 6.92 Å². The largest absolute Gasteiger partial charge is 0.441 e. The molecule has 1 amide bonds. The number of aryl methyl sites for hydroxylation is 1. The molecule has 3 aliphatic rings. The minimum absolute atomic E-state index is 0.0681. The van der Waals surface area contributed by atoms with E-state index in [1.807, 2.05) is 55.6 Å². The van der Waals surface area contributed by atoms with Gasteiger partial charge in [-0.25, -0.2) is 4.98 Å². The number of rotatable bonds is 2. The number of carbonyl (C=O) groups excluding carboxylic acids is 1. The molecule has 6 nitrogen and oxygen atoms in total. The smallest absolute Gasteiger partial charge is 0.255 e. The van der Waals surface area contributed by atoms with Crippen molar-refractivity contribution in [1.29, 1.82) is 0 Å². The lowest BCUT2D eigenvalue weighted by Crippen LogP contribution is -2.43. The van der Waals surface area contributed by atoms with E-state index in [2.05, 4.69) is 21.3 Å². The summed E-state index contributed by atoms with van der Waals surface area (Å²) < 4.78 is 5.65. The highest BCUT2D eigenvalue weighted by atomic mass is 16.3. The minimum Gasteiger partial charge on any atom is -0.441 e. The van der Waals surface area contributed by atoms with E-state index in [-0.39, 0.29) is 5.91 Å². The average Bonchev–Trinajstić information content (AvgIpc) is 3.11. The van der Waals surface area contributed by atoms with Crippen LogP contribution in [0.2, 0.25) is 0 Å². The van der Waals surface area contributed by atoms with Crippen LogP contribution < -0.4 is 5.32 Å². The molecule has 0 radical (unpaired) electrons. The Balaban J connectivity index is 1.48. The summed E-state index contributed by atoms with van der Waals surface area (Å²) in [5.74, 6) is 0.565. The molecule has 29 heavy (non-hydrogen) atoms. The summed E-state index contributed by atoms with van der Waals surface area (Å²) in [5.41, 5.74) is 5.24. The van der Waals surface area contributed by atoms with Gasteiger partial charge in [0.1, 0.15) is 5.52 Å². The molecule has 6 heteroatoms. The van der Waals surface area contributed by atoms with E-state index in [0.29, 0.717) is 5.89 Å². The molecule has 4 heterocycles. The van der Waals surface area contributed by atoms with E-state index in [1.54, 1.807) is 11.0 Å². The molecule has 0 spiro atoms. The third kappa shape index (κ3) is 3.43. The lowest BCUT2D eigenvalue weighted by Gasteiger charge is -2.33. The lowest BCUT2D eigenvalue weighted by atomic mass is 10.0. The van der Waals surface area contributed by atoms with Gasteiger partial charge in [0, 0.05) is 51.1 Å². The summed E-state index contributed by atoms with van der Waals surface area (Å²) >= 11 is 0. The molecule has 0 aliphatic carbocycles. The fourth-order valence-corrected chi connectivity index (χ4v) is 3.84. The molecule has 1 N–H and O–H groups in total. The maximum absolute atomic E-state index is 13.1. The summed E-state index contributed by atoms with van der Waals surface area (Å²) in [6, 6.07) is 5.83. The fraction of sp³-hybridized carbons (Fsp3) is 0.217. The molecular formula is C23H22N4O2. The van der Waals surface area contributed by atoms with E-state index in [9.17, 15) is 4.79 Å². The van der Waals surface area contributed by atoms with Crippen molar-refractivity contribution < 1.29 is 9.21 Å². The Hall–Kier alpha value is -3.38. The van der Waals surface area contributed by atoms with Gasteiger partial charge in [-0.05, 0) is 41.5 Å². The van der Waals surface area contributed by atoms with Gasteiger partial charge in [-0.2, -0.15) is 0 Å². The molecule has 0 bridgehead atoms. The van der Waals surface area contributed by atoms with Crippen molar-refractivity contribution in [3.63, 3.8) is 0 Å². The maximum atomic E-state index is 13.1. The van der Waals surface area contributed by atoms with Crippen LogP contribution in [0.25, 0.3) is 16.7 Å². The van der Waals surface area contributed by atoms with Gasteiger partial charge in [0.2, 0.25) is 0 Å². The molecule has 0 saturated carbocycles. The van der Waals surface area contributed by atoms with E-state index in [4.69, 9.17) is 4.42 Å². The van der Waals surface area contributed by atoms with Crippen LogP contribution in [0.5, 0.6) is 0 Å². The Labute approximate surface area is 169 Å². The fourth-order valence-electron chi connectivity index (χ4n) is 3.84. The van der Waals surface area contributed by atoms with Gasteiger partial charge >= 0.3 is 0 Å². The Morgan fingerprint density at radius 3 is 2.79 bits per heavy atom. The molecule has 5 rings (SSSR count). The number of aromatic nitrogens is 1. The lowest BCUT2D eigenvalue weighted by molar-refractivity contribution is -0.122. The first-order valence-electron chi connectivity index (χ1n) is 9.84. The zero-order valence-corrected chi connectivity index (χ0v) is 16.3. The van der Waals surface area contributed by atoms with Crippen molar-refractivity contribution in [3.05, 3.63) is 83.7 Å². The molecule has 1 aromatic heterocycles. The van der Waals surface area contributed by atoms with Crippen molar-refractivity contribution >= 4 is 22.6 Å². The first-order valence-corrected chi connectivity index (χ1v) is 9.84. The second kappa shape index (κ2) is 7.22. The third-order valence-electron chi connectivity index (χ3n) is 5.33. The number of hydrogen-bond donors (Lipinski definition) is 1. The molecule has 0 unspecified atom stereocenters. The summed E-state index contributed by atoms with van der Waals surface area (Å²) in [6.45, 7) is 5.62. The third-order valence-corrected chi connectivity index (χ3v) is 5.33. The van der Waals surface area contributed by atoms with Crippen LogP contribution in [0.3, 0.4) is 0 Å². The highest BCUT2D eigenvalue weighted by molar-refractivity contribution is 6.00. The van der Waals surface area contributed by atoms with Gasteiger partial charge < -0.3 is 14.6 Å². The number of nitrogens with zero attached hydrogens (tertiary/aromatic N) is 3. The van der Waals surface area contributed by atoms with Crippen LogP contribution >= 0.6 is 0 Å². The Morgan fingerprint density at radius 2 is 1.93 bits per heavy atom. The van der Waals surface area contributed by atoms with E-state index < -0.39 is 0 Å². The number of carbonyl (C=O) groups is 1. The van der Waals surface area contributed by atoms with Gasteiger partial charge in [-0.1, -0.05) is 18.2 Å². The number of fused-ring (bicyclic) bond motifs is 2. The van der Waals surface area contributed by atoms with Crippen LogP contribution in [0.1, 0.15) is 11.5 Å². The topological polar surface area (TPSA) is 61.6 Å². The molecule has 1 saturated heterocycles. The molecule has 146 valence electrons. The zero-order valence-electron chi connectivity index (χ0n) is 16.3. The number of hydrogen-bond acceptors (Lipinski definition) is 5. The quantitative estimate of drug-likeness (QED) is 0.859. The molecule has 2 aromatic rings. The summed E-state index contributed by atoms with van der Waals surface area (Å²) in [4.78, 5) is 21.5. The molecule has 1 fully saturated rings. The molecule has 3 aliphatic heterocycles. The van der Waals surface area contributed by atoms with Crippen LogP contribution in [0, 0.1) is 6.92 Å². The Morgan fingerprint density at radius 1 is 1.10 bits per heavy atom. The van der Waals surface area contributed by atoms with Crippen LogP contribution in [-0.2, 0) is 4.79 Å². The van der Waals surface area contributed by atoms with Gasteiger partial charge in [0.05, 0.1) is 5.70 Å². The average molecular weight is 386 g/mol. The Bertz CT molecular complexity index is 1130. The first-order chi connectivity index (χ1) is 14.2. The van der Waals surface area contributed by atoms with Gasteiger partial charge in [0.15, 0.2) is 11.5 Å². The molecule has 0 atom stereocenters.